The van der Waals surface area contributed by atoms with Gasteiger partial charge in [0.1, 0.15) is 5.82 Å². The third-order valence-electron chi connectivity index (χ3n) is 3.20. The van der Waals surface area contributed by atoms with Gasteiger partial charge >= 0.3 is 11.7 Å². The maximum Gasteiger partial charge on any atom is 0.346 e. The number of carbonyl (C=O) groups is 1. The van der Waals surface area contributed by atoms with E-state index >= 15 is 0 Å². The Bertz CT molecular complexity index is 515. The van der Waals surface area contributed by atoms with E-state index < -0.39 is 11.6 Å². The van der Waals surface area contributed by atoms with Crippen LogP contribution in [0.15, 0.2) is 4.79 Å². The molecule has 0 aromatic carbocycles. The number of nitrogens with zero attached hydrogens (tertiary/aromatic N) is 3. The molecule has 1 unspecified atom stereocenters. The Morgan fingerprint density at radius 2 is 2.17 bits per heavy atom. The van der Waals surface area contributed by atoms with Crippen molar-refractivity contribution >= 4 is 5.97 Å². The molecule has 2 rings (SSSR count). The number of aromatic nitrogens is 3. The number of hydrogen-bond donors (Lipinski definition) is 2. The minimum Gasteiger partial charge on any atom is -0.479 e. The van der Waals surface area contributed by atoms with Crippen LogP contribution in [0.3, 0.4) is 0 Å². The number of carboxylic acid groups (broad SMARTS) is 1. The highest BCUT2D eigenvalue weighted by Gasteiger charge is 2.32. The molecule has 0 amide bonds. The van der Waals surface area contributed by atoms with E-state index in [-0.39, 0.29) is 12.2 Å². The number of aliphatic carboxylic acids is 1. The maximum atomic E-state index is 12.0. The third-order valence-corrected chi connectivity index (χ3v) is 3.20. The summed E-state index contributed by atoms with van der Waals surface area (Å²) < 4.78 is 2.62. The molecule has 1 aliphatic heterocycles. The average Bonchev–Trinajstić information content (AvgIpc) is 2.50. The van der Waals surface area contributed by atoms with Gasteiger partial charge in [-0.2, -0.15) is 5.10 Å². The van der Waals surface area contributed by atoms with Gasteiger partial charge in [0.05, 0.1) is 6.54 Å². The highest BCUT2D eigenvalue weighted by Crippen LogP contribution is 2.11. The summed E-state index contributed by atoms with van der Waals surface area (Å²) in [5, 5.41) is 22.6. The summed E-state index contributed by atoms with van der Waals surface area (Å²) in [6.45, 7) is 1.44. The number of rotatable bonds is 3. The lowest BCUT2D eigenvalue weighted by molar-refractivity contribution is -0.158. The van der Waals surface area contributed by atoms with Crippen LogP contribution in [0, 0.1) is 0 Å². The van der Waals surface area contributed by atoms with Gasteiger partial charge in [0.2, 0.25) is 0 Å². The van der Waals surface area contributed by atoms with Gasteiger partial charge in [0, 0.05) is 13.0 Å². The van der Waals surface area contributed by atoms with E-state index in [0.29, 0.717) is 12.4 Å². The monoisotopic (exact) mass is 255 g/mol. The lowest BCUT2D eigenvalue weighted by Crippen LogP contribution is -2.42. The van der Waals surface area contributed by atoms with Gasteiger partial charge in [-0.25, -0.2) is 14.3 Å². The molecule has 0 aliphatic carbocycles. The lowest BCUT2D eigenvalue weighted by Gasteiger charge is -2.16. The molecule has 2 N–H and O–H groups in total. The minimum absolute atomic E-state index is 0.332. The Hall–Kier alpha value is -1.63. The van der Waals surface area contributed by atoms with Crippen LogP contribution < -0.4 is 5.69 Å². The van der Waals surface area contributed by atoms with Crippen molar-refractivity contribution in [2.75, 3.05) is 0 Å². The molecular formula is C11H17N3O4. The van der Waals surface area contributed by atoms with Crippen molar-refractivity contribution in [3.8, 4) is 0 Å². The predicted molar refractivity (Wildman–Crippen MR) is 62.3 cm³/mol. The summed E-state index contributed by atoms with van der Waals surface area (Å²) in [5.74, 6) is -0.684. The molecule has 0 saturated heterocycles. The molecular weight excluding hydrogens is 238 g/mol. The summed E-state index contributed by atoms with van der Waals surface area (Å²) in [6.07, 6.45) is 3.69. The summed E-state index contributed by atoms with van der Waals surface area (Å²) in [4.78, 5) is 22.9. The second-order valence-corrected chi connectivity index (χ2v) is 4.90. The molecule has 7 nitrogen and oxygen atoms in total. The van der Waals surface area contributed by atoms with E-state index in [2.05, 4.69) is 5.10 Å². The Balaban J connectivity index is 2.31. The van der Waals surface area contributed by atoms with Crippen LogP contribution in [-0.4, -0.2) is 36.1 Å². The van der Waals surface area contributed by atoms with Crippen LogP contribution in [-0.2, 0) is 24.3 Å². The van der Waals surface area contributed by atoms with Gasteiger partial charge in [0.25, 0.3) is 0 Å². The fraction of sp³-hybridized carbons (Fsp3) is 0.727. The number of carboxylic acids is 1. The van der Waals surface area contributed by atoms with Crippen molar-refractivity contribution in [2.24, 2.45) is 0 Å². The average molecular weight is 255 g/mol. The first-order valence-corrected chi connectivity index (χ1v) is 6.04. The van der Waals surface area contributed by atoms with Crippen LogP contribution in [0.5, 0.6) is 0 Å². The van der Waals surface area contributed by atoms with Crippen molar-refractivity contribution in [3.63, 3.8) is 0 Å². The molecule has 100 valence electrons. The molecule has 1 aromatic rings. The Labute approximate surface area is 104 Å². The zero-order valence-electron chi connectivity index (χ0n) is 10.3. The molecule has 1 aliphatic rings. The normalized spacial score (nSPS) is 18.8. The molecule has 0 spiro atoms. The van der Waals surface area contributed by atoms with Crippen LogP contribution in [0.1, 0.15) is 32.0 Å². The molecule has 1 atom stereocenters. The van der Waals surface area contributed by atoms with Gasteiger partial charge in [-0.05, 0) is 19.8 Å². The van der Waals surface area contributed by atoms with Gasteiger partial charge < -0.3 is 10.2 Å². The number of fused-ring (bicyclic) bond motifs is 1. The maximum absolute atomic E-state index is 12.0. The van der Waals surface area contributed by atoms with Crippen molar-refractivity contribution in [1.29, 1.82) is 0 Å². The van der Waals surface area contributed by atoms with Crippen LogP contribution in [0.2, 0.25) is 0 Å². The fourth-order valence-electron chi connectivity index (χ4n) is 2.09. The van der Waals surface area contributed by atoms with Gasteiger partial charge in [-0.3, -0.25) is 4.57 Å². The standard InChI is InChI=1S/C11H17N3O4/c1-11(18,9(15)16)7-14-10(17)13-6-4-2-3-5-8(13)12-14/h18H,2-7H2,1H3,(H,15,16). The van der Waals surface area contributed by atoms with Crippen molar-refractivity contribution in [1.82, 2.24) is 14.3 Å². The third kappa shape index (κ3) is 2.31. The highest BCUT2D eigenvalue weighted by atomic mass is 16.4. The zero-order chi connectivity index (χ0) is 13.3. The largest absolute Gasteiger partial charge is 0.479 e. The number of aryl methyl sites for hydroxylation is 1. The van der Waals surface area contributed by atoms with E-state index in [1.54, 1.807) is 4.57 Å². The molecule has 2 heterocycles. The van der Waals surface area contributed by atoms with Crippen molar-refractivity contribution in [2.45, 2.75) is 51.3 Å². The smallest absolute Gasteiger partial charge is 0.346 e. The SMILES string of the molecule is CC(O)(Cn1nc2n(c1=O)CCCCC2)C(=O)O. The van der Waals surface area contributed by atoms with Gasteiger partial charge in [-0.1, -0.05) is 6.42 Å². The molecule has 0 radical (unpaired) electrons. The van der Waals surface area contributed by atoms with Crippen LogP contribution in [0.4, 0.5) is 0 Å². The first kappa shape index (κ1) is 12.8. The highest BCUT2D eigenvalue weighted by molar-refractivity contribution is 5.76. The molecule has 7 heteroatoms. The van der Waals surface area contributed by atoms with Crippen molar-refractivity contribution in [3.05, 3.63) is 16.3 Å². The Morgan fingerprint density at radius 1 is 1.44 bits per heavy atom. The Morgan fingerprint density at radius 3 is 2.83 bits per heavy atom. The predicted octanol–water partition coefficient (Wildman–Crippen LogP) is -0.393. The quantitative estimate of drug-likeness (QED) is 0.766. The zero-order valence-corrected chi connectivity index (χ0v) is 10.3. The van der Waals surface area contributed by atoms with Crippen LogP contribution in [0.25, 0.3) is 0 Å². The lowest BCUT2D eigenvalue weighted by atomic mass is 10.1. The first-order valence-electron chi connectivity index (χ1n) is 6.04. The summed E-state index contributed by atoms with van der Waals surface area (Å²) in [7, 11) is 0. The molecule has 1 aromatic heterocycles. The minimum atomic E-state index is -1.98. The van der Waals surface area contributed by atoms with E-state index in [1.165, 1.54) is 0 Å². The second-order valence-electron chi connectivity index (χ2n) is 4.90. The topological polar surface area (TPSA) is 97.4 Å². The van der Waals surface area contributed by atoms with E-state index in [9.17, 15) is 14.7 Å². The Kier molecular flexibility index (Phi) is 3.25. The summed E-state index contributed by atoms with van der Waals surface area (Å²) in [6, 6.07) is 0. The van der Waals surface area contributed by atoms with Gasteiger partial charge in [0.15, 0.2) is 5.60 Å². The fourth-order valence-corrected chi connectivity index (χ4v) is 2.09. The van der Waals surface area contributed by atoms with Crippen molar-refractivity contribution < 1.29 is 15.0 Å². The number of aliphatic hydroxyl groups is 1. The summed E-state index contributed by atoms with van der Waals surface area (Å²) >= 11 is 0. The molecule has 0 saturated carbocycles. The van der Waals surface area contributed by atoms with E-state index in [4.69, 9.17) is 5.11 Å². The number of hydrogen-bond acceptors (Lipinski definition) is 4. The van der Waals surface area contributed by atoms with Gasteiger partial charge in [-0.15, -0.1) is 0 Å². The summed E-state index contributed by atoms with van der Waals surface area (Å²) in [5.41, 5.74) is -2.32. The van der Waals surface area contributed by atoms with Crippen LogP contribution >= 0.6 is 0 Å². The first-order chi connectivity index (χ1) is 8.42. The second kappa shape index (κ2) is 4.56. The van der Waals surface area contributed by atoms with E-state index in [1.807, 2.05) is 0 Å². The van der Waals surface area contributed by atoms with E-state index in [0.717, 1.165) is 37.3 Å². The molecule has 0 bridgehead atoms. The molecule has 0 fully saturated rings. The molecule has 18 heavy (non-hydrogen) atoms.